The van der Waals surface area contributed by atoms with E-state index in [-0.39, 0.29) is 12.1 Å². The number of nitrogens with zero attached hydrogens (tertiary/aromatic N) is 2. The third-order valence-electron chi connectivity index (χ3n) is 4.54. The summed E-state index contributed by atoms with van der Waals surface area (Å²) in [5.41, 5.74) is 3.54. The highest BCUT2D eigenvalue weighted by molar-refractivity contribution is 6.30. The molecule has 2 rings (SSSR count). The molecule has 0 spiro atoms. The molecule has 1 aromatic carbocycles. The normalized spacial score (nSPS) is 11.3. The summed E-state index contributed by atoms with van der Waals surface area (Å²) in [6.07, 6.45) is 1.51. The van der Waals surface area contributed by atoms with E-state index in [1.807, 2.05) is 26.0 Å². The van der Waals surface area contributed by atoms with Crippen LogP contribution in [0.2, 0.25) is 5.02 Å². The minimum atomic E-state index is -0.826. The van der Waals surface area contributed by atoms with Gasteiger partial charge >= 0.3 is 5.97 Å². The fourth-order valence-corrected chi connectivity index (χ4v) is 3.10. The second-order valence-corrected chi connectivity index (χ2v) is 7.92. The first-order valence-corrected chi connectivity index (χ1v) is 10.1. The molecule has 2 aromatic rings. The van der Waals surface area contributed by atoms with E-state index in [1.165, 1.54) is 6.08 Å². The zero-order valence-corrected chi connectivity index (χ0v) is 18.4. The average Bonchev–Trinajstić information content (AvgIpc) is 2.96. The van der Waals surface area contributed by atoms with Gasteiger partial charge in [0.05, 0.1) is 0 Å². The number of carbonyl (C=O) groups excluding carboxylic acids is 2. The lowest BCUT2D eigenvalue weighted by Gasteiger charge is -2.12. The maximum atomic E-state index is 12.3. The number of esters is 1. The zero-order chi connectivity index (χ0) is 22.3. The summed E-state index contributed by atoms with van der Waals surface area (Å²) in [6.45, 7) is 8.88. The van der Waals surface area contributed by atoms with Crippen molar-refractivity contribution in [3.63, 3.8) is 0 Å². The third-order valence-corrected chi connectivity index (χ3v) is 4.79. The quantitative estimate of drug-likeness (QED) is 0.389. The molecule has 0 radical (unpaired) electrons. The number of hydrogen-bond acceptors (Lipinski definition) is 4. The van der Waals surface area contributed by atoms with Crippen molar-refractivity contribution in [1.29, 1.82) is 5.26 Å². The molecule has 0 fully saturated rings. The smallest absolute Gasteiger partial charge is 0.349 e. The minimum absolute atomic E-state index is 0.148. The summed E-state index contributed by atoms with van der Waals surface area (Å²) in [5.74, 6) is -0.808. The van der Waals surface area contributed by atoms with Crippen LogP contribution in [0, 0.1) is 31.1 Å². The first-order chi connectivity index (χ1) is 14.2. The standard InChI is InChI=1S/C23H26ClN3O3/c1-15(2)13-27-16(3)9-19(17(27)4)10-20(11-25)23(29)30-14-22(28)26-12-18-5-7-21(24)8-6-18/h5-10,15H,12-14H2,1-4H3,(H,26,28). The largest absolute Gasteiger partial charge is 0.451 e. The van der Waals surface area contributed by atoms with Crippen LogP contribution in [0.3, 0.4) is 0 Å². The highest BCUT2D eigenvalue weighted by atomic mass is 35.5. The summed E-state index contributed by atoms with van der Waals surface area (Å²) in [4.78, 5) is 24.2. The van der Waals surface area contributed by atoms with Crippen molar-refractivity contribution in [3.8, 4) is 6.07 Å². The molecule has 1 heterocycles. The summed E-state index contributed by atoms with van der Waals surface area (Å²) >= 11 is 5.82. The predicted molar refractivity (Wildman–Crippen MR) is 117 cm³/mol. The number of benzene rings is 1. The maximum absolute atomic E-state index is 12.3. The molecule has 0 aliphatic heterocycles. The third kappa shape index (κ3) is 6.50. The molecule has 0 saturated heterocycles. The van der Waals surface area contributed by atoms with Crippen molar-refractivity contribution in [2.24, 2.45) is 5.92 Å². The van der Waals surface area contributed by atoms with Gasteiger partial charge in [0.2, 0.25) is 0 Å². The van der Waals surface area contributed by atoms with E-state index in [0.29, 0.717) is 10.9 Å². The lowest BCUT2D eigenvalue weighted by atomic mass is 10.1. The van der Waals surface area contributed by atoms with Crippen LogP contribution in [0.4, 0.5) is 0 Å². The topological polar surface area (TPSA) is 84.1 Å². The Morgan fingerprint density at radius 2 is 1.93 bits per heavy atom. The Morgan fingerprint density at radius 3 is 2.53 bits per heavy atom. The first-order valence-electron chi connectivity index (χ1n) is 9.68. The van der Waals surface area contributed by atoms with Crippen molar-refractivity contribution in [2.75, 3.05) is 6.61 Å². The van der Waals surface area contributed by atoms with Crippen molar-refractivity contribution < 1.29 is 14.3 Å². The van der Waals surface area contributed by atoms with Crippen LogP contribution in [0.25, 0.3) is 6.08 Å². The molecule has 1 N–H and O–H groups in total. The number of rotatable bonds is 8. The molecular weight excluding hydrogens is 402 g/mol. The molecule has 1 aromatic heterocycles. The predicted octanol–water partition coefficient (Wildman–Crippen LogP) is 4.18. The molecule has 7 heteroatoms. The first kappa shape index (κ1) is 23.2. The zero-order valence-electron chi connectivity index (χ0n) is 17.7. The minimum Gasteiger partial charge on any atom is -0.451 e. The van der Waals surface area contributed by atoms with E-state index >= 15 is 0 Å². The van der Waals surface area contributed by atoms with Crippen molar-refractivity contribution in [2.45, 2.75) is 40.8 Å². The summed E-state index contributed by atoms with van der Waals surface area (Å²) in [5, 5.41) is 12.6. The molecule has 0 aliphatic rings. The molecule has 1 amide bonds. The highest BCUT2D eigenvalue weighted by Gasteiger charge is 2.16. The van der Waals surface area contributed by atoms with E-state index < -0.39 is 18.5 Å². The lowest BCUT2D eigenvalue weighted by molar-refractivity contribution is -0.144. The van der Waals surface area contributed by atoms with E-state index in [0.717, 1.165) is 29.1 Å². The van der Waals surface area contributed by atoms with E-state index in [9.17, 15) is 14.9 Å². The number of ether oxygens (including phenoxy) is 1. The van der Waals surface area contributed by atoms with Crippen LogP contribution in [0.15, 0.2) is 35.9 Å². The summed E-state index contributed by atoms with van der Waals surface area (Å²) in [7, 11) is 0. The summed E-state index contributed by atoms with van der Waals surface area (Å²) in [6, 6.07) is 10.8. The second-order valence-electron chi connectivity index (χ2n) is 7.48. The van der Waals surface area contributed by atoms with Gasteiger partial charge < -0.3 is 14.6 Å². The van der Waals surface area contributed by atoms with Crippen molar-refractivity contribution in [1.82, 2.24) is 9.88 Å². The number of carbonyl (C=O) groups is 2. The van der Waals surface area contributed by atoms with Crippen molar-refractivity contribution in [3.05, 3.63) is 63.4 Å². The van der Waals surface area contributed by atoms with Gasteiger partial charge in [0.25, 0.3) is 5.91 Å². The van der Waals surface area contributed by atoms with Crippen LogP contribution in [0.1, 0.15) is 36.4 Å². The fraction of sp³-hybridized carbons (Fsp3) is 0.348. The fourth-order valence-electron chi connectivity index (χ4n) is 2.98. The van der Waals surface area contributed by atoms with Crippen LogP contribution >= 0.6 is 11.6 Å². The Balaban J connectivity index is 1.97. The Bertz CT molecular complexity index is 982. The molecular formula is C23H26ClN3O3. The molecule has 0 unspecified atom stereocenters. The Kier molecular flexibility index (Phi) is 8.25. The van der Waals surface area contributed by atoms with Gasteiger partial charge in [-0.05, 0) is 55.2 Å². The molecule has 0 aliphatic carbocycles. The van der Waals surface area contributed by atoms with E-state index in [2.05, 4.69) is 23.7 Å². The molecule has 0 bridgehead atoms. The molecule has 6 nitrogen and oxygen atoms in total. The second kappa shape index (κ2) is 10.7. The van der Waals surface area contributed by atoms with E-state index in [4.69, 9.17) is 16.3 Å². The van der Waals surface area contributed by atoms with Gasteiger partial charge in [0.15, 0.2) is 6.61 Å². The SMILES string of the molecule is Cc1cc(C=C(C#N)C(=O)OCC(=O)NCc2ccc(Cl)cc2)c(C)n1CC(C)C. The number of nitriles is 1. The number of halogens is 1. The van der Waals surface area contributed by atoms with Gasteiger partial charge in [-0.1, -0.05) is 37.6 Å². The van der Waals surface area contributed by atoms with Crippen molar-refractivity contribution >= 4 is 29.6 Å². The summed E-state index contributed by atoms with van der Waals surface area (Å²) < 4.78 is 7.16. The molecule has 0 atom stereocenters. The molecule has 30 heavy (non-hydrogen) atoms. The van der Waals surface area contributed by atoms with Gasteiger partial charge in [0.1, 0.15) is 11.6 Å². The number of nitrogens with one attached hydrogen (secondary N) is 1. The Hall–Kier alpha value is -3.04. The molecule has 158 valence electrons. The van der Waals surface area contributed by atoms with Gasteiger partial charge in [-0.15, -0.1) is 0 Å². The van der Waals surface area contributed by atoms with Crippen LogP contribution in [-0.4, -0.2) is 23.1 Å². The lowest BCUT2D eigenvalue weighted by Crippen LogP contribution is -2.28. The van der Waals surface area contributed by atoms with Crippen LogP contribution in [-0.2, 0) is 27.4 Å². The van der Waals surface area contributed by atoms with Gasteiger partial charge in [0, 0.05) is 29.5 Å². The van der Waals surface area contributed by atoms with Gasteiger partial charge in [-0.2, -0.15) is 5.26 Å². The number of hydrogen-bond donors (Lipinski definition) is 1. The van der Waals surface area contributed by atoms with Gasteiger partial charge in [-0.25, -0.2) is 4.79 Å². The Morgan fingerprint density at radius 1 is 1.27 bits per heavy atom. The van der Waals surface area contributed by atoms with Gasteiger partial charge in [-0.3, -0.25) is 4.79 Å². The number of aryl methyl sites for hydroxylation is 1. The van der Waals surface area contributed by atoms with Crippen LogP contribution < -0.4 is 5.32 Å². The highest BCUT2D eigenvalue weighted by Crippen LogP contribution is 2.20. The Labute approximate surface area is 182 Å². The van der Waals surface area contributed by atoms with Crippen LogP contribution in [0.5, 0.6) is 0 Å². The van der Waals surface area contributed by atoms with E-state index in [1.54, 1.807) is 24.3 Å². The maximum Gasteiger partial charge on any atom is 0.349 e. The average molecular weight is 428 g/mol. The molecule has 0 saturated carbocycles. The number of amides is 1. The monoisotopic (exact) mass is 427 g/mol. The number of aromatic nitrogens is 1.